The van der Waals surface area contributed by atoms with E-state index in [2.05, 4.69) is 5.32 Å². The van der Waals surface area contributed by atoms with Crippen molar-refractivity contribution in [2.45, 2.75) is 20.3 Å². The van der Waals surface area contributed by atoms with E-state index < -0.39 is 4.92 Å². The predicted molar refractivity (Wildman–Crippen MR) is 73.9 cm³/mol. The molecule has 1 aromatic carbocycles. The van der Waals surface area contributed by atoms with Crippen molar-refractivity contribution < 1.29 is 14.4 Å². The van der Waals surface area contributed by atoms with E-state index in [0.717, 1.165) is 6.42 Å². The third-order valence-corrected chi connectivity index (χ3v) is 2.35. The van der Waals surface area contributed by atoms with Gasteiger partial charge < -0.3 is 14.8 Å². The number of anilines is 1. The number of benzene rings is 1. The molecule has 6 nitrogen and oxygen atoms in total. The highest BCUT2D eigenvalue weighted by Crippen LogP contribution is 2.26. The van der Waals surface area contributed by atoms with Crippen LogP contribution >= 0.6 is 0 Å². The monoisotopic (exact) mass is 268 g/mol. The standard InChI is InChI=1S/C13H20N2O4/c1-3-6-19-13-9-11(14-5-7-18-4-2)8-12(10-13)15(16)17/h8-10,14H,3-7H2,1-2H3. The minimum atomic E-state index is -0.424. The molecule has 0 aliphatic rings. The van der Waals surface area contributed by atoms with Gasteiger partial charge in [0.05, 0.1) is 24.2 Å². The number of nitrogens with zero attached hydrogens (tertiary/aromatic N) is 1. The molecule has 0 aliphatic heterocycles. The van der Waals surface area contributed by atoms with Crippen molar-refractivity contribution in [2.24, 2.45) is 0 Å². The number of hydrogen-bond donors (Lipinski definition) is 1. The van der Waals surface area contributed by atoms with E-state index in [1.165, 1.54) is 12.1 Å². The van der Waals surface area contributed by atoms with Gasteiger partial charge in [-0.05, 0) is 13.3 Å². The van der Waals surface area contributed by atoms with E-state index in [4.69, 9.17) is 9.47 Å². The minimum Gasteiger partial charge on any atom is -0.493 e. The maximum absolute atomic E-state index is 10.9. The quantitative estimate of drug-likeness (QED) is 0.423. The number of nitrogens with one attached hydrogen (secondary N) is 1. The number of hydrogen-bond acceptors (Lipinski definition) is 5. The maximum atomic E-state index is 10.9. The summed E-state index contributed by atoms with van der Waals surface area (Å²) in [6.07, 6.45) is 0.857. The van der Waals surface area contributed by atoms with Crippen LogP contribution in [0, 0.1) is 10.1 Å². The fourth-order valence-corrected chi connectivity index (χ4v) is 1.51. The minimum absolute atomic E-state index is 0.0208. The van der Waals surface area contributed by atoms with Crippen molar-refractivity contribution >= 4 is 11.4 Å². The smallest absolute Gasteiger partial charge is 0.275 e. The van der Waals surface area contributed by atoms with Gasteiger partial charge in [0.15, 0.2) is 0 Å². The van der Waals surface area contributed by atoms with Crippen molar-refractivity contribution in [1.29, 1.82) is 0 Å². The summed E-state index contributed by atoms with van der Waals surface area (Å²) in [7, 11) is 0. The van der Waals surface area contributed by atoms with Crippen LogP contribution in [-0.4, -0.2) is 31.3 Å². The summed E-state index contributed by atoms with van der Waals surface area (Å²) < 4.78 is 10.6. The number of ether oxygens (including phenoxy) is 2. The zero-order valence-corrected chi connectivity index (χ0v) is 11.3. The lowest BCUT2D eigenvalue weighted by Crippen LogP contribution is -2.09. The normalized spacial score (nSPS) is 10.2. The van der Waals surface area contributed by atoms with E-state index in [9.17, 15) is 10.1 Å². The van der Waals surface area contributed by atoms with Crippen LogP contribution in [-0.2, 0) is 4.74 Å². The molecule has 0 heterocycles. The van der Waals surface area contributed by atoms with Gasteiger partial charge in [-0.2, -0.15) is 0 Å². The zero-order valence-electron chi connectivity index (χ0n) is 11.3. The van der Waals surface area contributed by atoms with Crippen LogP contribution in [0.2, 0.25) is 0 Å². The highest BCUT2D eigenvalue weighted by atomic mass is 16.6. The molecule has 0 saturated carbocycles. The Morgan fingerprint density at radius 3 is 2.68 bits per heavy atom. The summed E-state index contributed by atoms with van der Waals surface area (Å²) in [6.45, 7) is 6.26. The van der Waals surface area contributed by atoms with E-state index in [1.54, 1.807) is 6.07 Å². The number of nitro groups is 1. The van der Waals surface area contributed by atoms with Gasteiger partial charge >= 0.3 is 0 Å². The summed E-state index contributed by atoms with van der Waals surface area (Å²) in [6, 6.07) is 4.68. The molecule has 19 heavy (non-hydrogen) atoms. The first-order valence-electron chi connectivity index (χ1n) is 6.41. The summed E-state index contributed by atoms with van der Waals surface area (Å²) in [4.78, 5) is 10.4. The van der Waals surface area contributed by atoms with E-state index >= 15 is 0 Å². The van der Waals surface area contributed by atoms with Crippen molar-refractivity contribution in [3.63, 3.8) is 0 Å². The molecule has 0 aliphatic carbocycles. The van der Waals surface area contributed by atoms with Crippen LogP contribution in [0.5, 0.6) is 5.75 Å². The molecule has 1 rings (SSSR count). The summed E-state index contributed by atoms with van der Waals surface area (Å²) in [5.41, 5.74) is 0.688. The van der Waals surface area contributed by atoms with Gasteiger partial charge in [-0.3, -0.25) is 10.1 Å². The maximum Gasteiger partial charge on any atom is 0.275 e. The molecule has 0 amide bonds. The average Bonchev–Trinajstić information content (AvgIpc) is 2.41. The Morgan fingerprint density at radius 1 is 1.26 bits per heavy atom. The van der Waals surface area contributed by atoms with Crippen LogP contribution in [0.3, 0.4) is 0 Å². The molecule has 1 aromatic rings. The van der Waals surface area contributed by atoms with Gasteiger partial charge in [-0.15, -0.1) is 0 Å². The zero-order chi connectivity index (χ0) is 14.1. The molecule has 0 fully saturated rings. The summed E-state index contributed by atoms with van der Waals surface area (Å²) in [5.74, 6) is 0.509. The van der Waals surface area contributed by atoms with Gasteiger partial charge in [-0.25, -0.2) is 0 Å². The number of rotatable bonds is 9. The Morgan fingerprint density at radius 2 is 2.05 bits per heavy atom. The van der Waals surface area contributed by atoms with Gasteiger partial charge in [0.1, 0.15) is 5.75 Å². The van der Waals surface area contributed by atoms with Crippen molar-refractivity contribution in [3.05, 3.63) is 28.3 Å². The lowest BCUT2D eigenvalue weighted by molar-refractivity contribution is -0.384. The van der Waals surface area contributed by atoms with E-state index in [0.29, 0.717) is 37.8 Å². The fourth-order valence-electron chi connectivity index (χ4n) is 1.51. The van der Waals surface area contributed by atoms with Gasteiger partial charge in [0.2, 0.25) is 0 Å². The second kappa shape index (κ2) is 8.31. The van der Waals surface area contributed by atoms with Crippen molar-refractivity contribution in [1.82, 2.24) is 0 Å². The van der Waals surface area contributed by atoms with Crippen LogP contribution in [0.4, 0.5) is 11.4 Å². The molecule has 106 valence electrons. The molecule has 0 atom stereocenters. The fraction of sp³-hybridized carbons (Fsp3) is 0.538. The Balaban J connectivity index is 2.72. The molecular formula is C13H20N2O4. The Kier molecular flexibility index (Phi) is 6.67. The third-order valence-electron chi connectivity index (χ3n) is 2.35. The van der Waals surface area contributed by atoms with Crippen LogP contribution in [0.15, 0.2) is 18.2 Å². The Bertz CT molecular complexity index is 410. The topological polar surface area (TPSA) is 73.6 Å². The first-order valence-corrected chi connectivity index (χ1v) is 6.41. The van der Waals surface area contributed by atoms with Gasteiger partial charge in [0.25, 0.3) is 5.69 Å². The lowest BCUT2D eigenvalue weighted by atomic mass is 10.2. The van der Waals surface area contributed by atoms with E-state index in [1.807, 2.05) is 13.8 Å². The van der Waals surface area contributed by atoms with Gasteiger partial charge in [-0.1, -0.05) is 6.92 Å². The Hall–Kier alpha value is -1.82. The van der Waals surface area contributed by atoms with E-state index in [-0.39, 0.29) is 5.69 Å². The molecule has 0 radical (unpaired) electrons. The lowest BCUT2D eigenvalue weighted by Gasteiger charge is -2.09. The molecule has 1 N–H and O–H groups in total. The molecule has 0 saturated heterocycles. The largest absolute Gasteiger partial charge is 0.493 e. The molecule has 0 spiro atoms. The molecular weight excluding hydrogens is 248 g/mol. The number of non-ortho nitro benzene ring substituents is 1. The first-order chi connectivity index (χ1) is 9.17. The summed E-state index contributed by atoms with van der Waals surface area (Å²) in [5, 5.41) is 13.9. The van der Waals surface area contributed by atoms with Crippen LogP contribution in [0.1, 0.15) is 20.3 Å². The van der Waals surface area contributed by atoms with Crippen molar-refractivity contribution in [3.8, 4) is 5.75 Å². The number of nitro benzene ring substituents is 1. The molecule has 0 bridgehead atoms. The molecule has 0 unspecified atom stereocenters. The summed E-state index contributed by atoms with van der Waals surface area (Å²) >= 11 is 0. The highest BCUT2D eigenvalue weighted by Gasteiger charge is 2.10. The second-order valence-electron chi connectivity index (χ2n) is 3.94. The van der Waals surface area contributed by atoms with Crippen LogP contribution < -0.4 is 10.1 Å². The average molecular weight is 268 g/mol. The third kappa shape index (κ3) is 5.56. The molecule has 0 aromatic heterocycles. The SMILES string of the molecule is CCCOc1cc(NCCOCC)cc([N+](=O)[O-])c1. The van der Waals surface area contributed by atoms with Crippen LogP contribution in [0.25, 0.3) is 0 Å². The second-order valence-corrected chi connectivity index (χ2v) is 3.94. The van der Waals surface area contributed by atoms with Gasteiger partial charge in [0, 0.05) is 31.0 Å². The predicted octanol–water partition coefficient (Wildman–Crippen LogP) is 2.83. The Labute approximate surface area is 112 Å². The van der Waals surface area contributed by atoms with Crippen molar-refractivity contribution in [2.75, 3.05) is 31.7 Å². The first kappa shape index (κ1) is 15.2. The molecule has 6 heteroatoms. The highest BCUT2D eigenvalue weighted by molar-refractivity contribution is 5.56.